The van der Waals surface area contributed by atoms with Crippen LogP contribution >= 0.6 is 0 Å². The lowest BCUT2D eigenvalue weighted by atomic mass is 10.1. The lowest BCUT2D eigenvalue weighted by Crippen LogP contribution is -2.52. The molecule has 34 heavy (non-hydrogen) atoms. The predicted octanol–water partition coefficient (Wildman–Crippen LogP) is 2.22. The second-order valence-electron chi connectivity index (χ2n) is 8.64. The molecule has 2 saturated heterocycles. The first-order chi connectivity index (χ1) is 16.6. The smallest absolute Gasteiger partial charge is 0.242 e. The molecule has 1 aromatic carbocycles. The fourth-order valence-corrected chi connectivity index (χ4v) is 4.39. The predicted molar refractivity (Wildman–Crippen MR) is 129 cm³/mol. The number of rotatable bonds is 8. The van der Waals surface area contributed by atoms with E-state index in [0.29, 0.717) is 39.1 Å². The van der Waals surface area contributed by atoms with Gasteiger partial charge in [-0.05, 0) is 37.1 Å². The van der Waals surface area contributed by atoms with Crippen molar-refractivity contribution < 1.29 is 19.1 Å². The molecular weight excluding hydrogens is 434 g/mol. The van der Waals surface area contributed by atoms with Crippen LogP contribution in [0.3, 0.4) is 0 Å². The van der Waals surface area contributed by atoms with E-state index in [-0.39, 0.29) is 24.5 Å². The van der Waals surface area contributed by atoms with Crippen molar-refractivity contribution in [3.05, 3.63) is 36.4 Å². The molecule has 1 aromatic heterocycles. The number of ether oxygens (including phenoxy) is 2. The summed E-state index contributed by atoms with van der Waals surface area (Å²) < 4.78 is 11.0. The van der Waals surface area contributed by atoms with Crippen LogP contribution in [-0.2, 0) is 14.3 Å². The van der Waals surface area contributed by atoms with E-state index in [9.17, 15) is 9.59 Å². The molecule has 0 radical (unpaired) electrons. The van der Waals surface area contributed by atoms with Gasteiger partial charge < -0.3 is 24.2 Å². The molecule has 0 aliphatic carbocycles. The van der Waals surface area contributed by atoms with Gasteiger partial charge in [-0.2, -0.15) is 0 Å². The fourth-order valence-electron chi connectivity index (χ4n) is 4.39. The van der Waals surface area contributed by atoms with Crippen molar-refractivity contribution in [1.82, 2.24) is 20.0 Å². The van der Waals surface area contributed by atoms with Gasteiger partial charge in [-0.1, -0.05) is 19.1 Å². The lowest BCUT2D eigenvalue weighted by molar-refractivity contribution is -0.141. The van der Waals surface area contributed by atoms with Crippen LogP contribution in [0.2, 0.25) is 0 Å². The summed E-state index contributed by atoms with van der Waals surface area (Å²) in [6, 6.07) is 11.6. The maximum Gasteiger partial charge on any atom is 0.242 e. The molecule has 4 rings (SSSR count). The van der Waals surface area contributed by atoms with E-state index in [1.54, 1.807) is 12.0 Å². The number of hydrogen-bond donors (Lipinski definition) is 0. The van der Waals surface area contributed by atoms with E-state index in [2.05, 4.69) is 15.1 Å². The van der Waals surface area contributed by atoms with Gasteiger partial charge in [0.25, 0.3) is 0 Å². The van der Waals surface area contributed by atoms with Crippen molar-refractivity contribution in [2.45, 2.75) is 32.3 Å². The molecule has 1 unspecified atom stereocenters. The summed E-state index contributed by atoms with van der Waals surface area (Å²) in [6.07, 6.45) is 2.38. The summed E-state index contributed by atoms with van der Waals surface area (Å²) in [6.45, 7) is 5.69. The number of carbonyl (C=O) groups is 2. The second kappa shape index (κ2) is 11.3. The largest absolute Gasteiger partial charge is 0.497 e. The average Bonchev–Trinajstić information content (AvgIpc) is 3.41. The highest BCUT2D eigenvalue weighted by atomic mass is 16.5. The van der Waals surface area contributed by atoms with Gasteiger partial charge in [0.15, 0.2) is 5.82 Å². The molecule has 0 spiro atoms. The number of carbonyl (C=O) groups excluding carboxylic acids is 2. The molecule has 0 bridgehead atoms. The summed E-state index contributed by atoms with van der Waals surface area (Å²) in [7, 11) is 1.64. The van der Waals surface area contributed by atoms with Crippen molar-refractivity contribution in [3.8, 4) is 17.0 Å². The summed E-state index contributed by atoms with van der Waals surface area (Å²) in [5, 5.41) is 8.80. The molecule has 2 aliphatic rings. The molecule has 3 heterocycles. The Labute approximate surface area is 200 Å². The lowest BCUT2D eigenvalue weighted by Gasteiger charge is -2.36. The van der Waals surface area contributed by atoms with Crippen molar-refractivity contribution >= 4 is 17.6 Å². The van der Waals surface area contributed by atoms with E-state index in [0.717, 1.165) is 42.3 Å². The minimum Gasteiger partial charge on any atom is -0.497 e. The minimum absolute atomic E-state index is 0.00566. The molecular formula is C25H33N5O4. The SMILES string of the molecule is CCC(=O)N(CC(=O)N1CCN(c2ccc(-c3cccc(OC)c3)nn2)CC1)CC1CCCO1. The highest BCUT2D eigenvalue weighted by Gasteiger charge is 2.27. The topological polar surface area (TPSA) is 88.1 Å². The Kier molecular flexibility index (Phi) is 7.95. The van der Waals surface area contributed by atoms with Gasteiger partial charge in [-0.15, -0.1) is 10.2 Å². The van der Waals surface area contributed by atoms with Gasteiger partial charge >= 0.3 is 0 Å². The first-order valence-electron chi connectivity index (χ1n) is 12.0. The van der Waals surface area contributed by atoms with Crippen molar-refractivity contribution in [3.63, 3.8) is 0 Å². The Morgan fingerprint density at radius 3 is 2.62 bits per heavy atom. The van der Waals surface area contributed by atoms with Gasteiger partial charge in [-0.3, -0.25) is 9.59 Å². The zero-order valence-electron chi connectivity index (χ0n) is 20.0. The van der Waals surface area contributed by atoms with Crippen LogP contribution in [0.15, 0.2) is 36.4 Å². The first kappa shape index (κ1) is 23.9. The van der Waals surface area contributed by atoms with E-state index in [1.165, 1.54) is 0 Å². The van der Waals surface area contributed by atoms with Crippen molar-refractivity contribution in [2.75, 3.05) is 57.9 Å². The number of amides is 2. The normalized spacial score (nSPS) is 18.1. The Morgan fingerprint density at radius 1 is 1.15 bits per heavy atom. The Morgan fingerprint density at radius 2 is 1.97 bits per heavy atom. The quantitative estimate of drug-likeness (QED) is 0.588. The maximum absolute atomic E-state index is 12.9. The average molecular weight is 468 g/mol. The number of anilines is 1. The Balaban J connectivity index is 1.31. The Bertz CT molecular complexity index is 970. The van der Waals surface area contributed by atoms with Gasteiger partial charge in [-0.25, -0.2) is 0 Å². The Hall–Kier alpha value is -3.20. The number of hydrogen-bond acceptors (Lipinski definition) is 7. The van der Waals surface area contributed by atoms with Crippen molar-refractivity contribution in [2.24, 2.45) is 0 Å². The van der Waals surface area contributed by atoms with Crippen LogP contribution in [0.1, 0.15) is 26.2 Å². The van der Waals surface area contributed by atoms with E-state index in [1.807, 2.05) is 48.2 Å². The third kappa shape index (κ3) is 5.83. The first-order valence-corrected chi connectivity index (χ1v) is 12.0. The van der Waals surface area contributed by atoms with Gasteiger partial charge in [0, 0.05) is 51.3 Å². The minimum atomic E-state index is -0.0149. The van der Waals surface area contributed by atoms with Crippen LogP contribution in [0.25, 0.3) is 11.3 Å². The van der Waals surface area contributed by atoms with Gasteiger partial charge in [0.2, 0.25) is 11.8 Å². The van der Waals surface area contributed by atoms with Crippen LogP contribution in [-0.4, -0.2) is 90.9 Å². The molecule has 9 heteroatoms. The molecule has 1 atom stereocenters. The maximum atomic E-state index is 12.9. The number of nitrogens with zero attached hydrogens (tertiary/aromatic N) is 5. The van der Waals surface area contributed by atoms with E-state index < -0.39 is 0 Å². The van der Waals surface area contributed by atoms with Crippen LogP contribution in [0.5, 0.6) is 5.75 Å². The molecule has 2 fully saturated rings. The molecule has 2 amide bonds. The molecule has 9 nitrogen and oxygen atoms in total. The summed E-state index contributed by atoms with van der Waals surface area (Å²) in [5.41, 5.74) is 1.73. The number of piperazine rings is 1. The van der Waals surface area contributed by atoms with E-state index >= 15 is 0 Å². The van der Waals surface area contributed by atoms with Crippen LogP contribution in [0, 0.1) is 0 Å². The monoisotopic (exact) mass is 467 g/mol. The standard InChI is InChI=1S/C25H33N5O4/c1-3-24(31)30(17-21-8-5-15-34-21)18-25(32)29-13-11-28(12-14-29)23-10-9-22(26-27-23)19-6-4-7-20(16-19)33-2/h4,6-7,9-10,16,21H,3,5,8,11-15,17-18H2,1-2H3. The van der Waals surface area contributed by atoms with E-state index in [4.69, 9.17) is 9.47 Å². The van der Waals surface area contributed by atoms with Gasteiger partial charge in [0.05, 0.1) is 25.5 Å². The van der Waals surface area contributed by atoms with Crippen molar-refractivity contribution in [1.29, 1.82) is 0 Å². The number of aromatic nitrogens is 2. The van der Waals surface area contributed by atoms with Crippen LogP contribution in [0.4, 0.5) is 5.82 Å². The highest BCUT2D eigenvalue weighted by molar-refractivity contribution is 5.85. The summed E-state index contributed by atoms with van der Waals surface area (Å²) in [4.78, 5) is 31.0. The summed E-state index contributed by atoms with van der Waals surface area (Å²) in [5.74, 6) is 1.55. The molecule has 0 saturated carbocycles. The zero-order valence-corrected chi connectivity index (χ0v) is 20.0. The highest BCUT2D eigenvalue weighted by Crippen LogP contribution is 2.23. The molecule has 0 N–H and O–H groups in total. The fraction of sp³-hybridized carbons (Fsp3) is 0.520. The number of methoxy groups -OCH3 is 1. The second-order valence-corrected chi connectivity index (χ2v) is 8.64. The number of benzene rings is 1. The summed E-state index contributed by atoms with van der Waals surface area (Å²) >= 11 is 0. The third-order valence-corrected chi connectivity index (χ3v) is 6.40. The molecule has 2 aromatic rings. The van der Waals surface area contributed by atoms with Crippen LogP contribution < -0.4 is 9.64 Å². The molecule has 182 valence electrons. The van der Waals surface area contributed by atoms with Gasteiger partial charge in [0.1, 0.15) is 5.75 Å². The third-order valence-electron chi connectivity index (χ3n) is 6.40. The zero-order chi connectivity index (χ0) is 23.9. The molecule has 2 aliphatic heterocycles.